The number of hydrogen-bond acceptors (Lipinski definition) is 6. The first-order chi connectivity index (χ1) is 15.1. The van der Waals surface area contributed by atoms with Gasteiger partial charge in [0.1, 0.15) is 5.75 Å². The molecule has 162 valence electrons. The molecule has 0 radical (unpaired) electrons. The van der Waals surface area contributed by atoms with Crippen LogP contribution in [0, 0.1) is 10.1 Å². The second-order valence-electron chi connectivity index (χ2n) is 7.52. The van der Waals surface area contributed by atoms with E-state index in [-0.39, 0.29) is 24.4 Å². The number of hydrogen-bond donors (Lipinski definition) is 0. The Morgan fingerprint density at radius 2 is 1.90 bits per heavy atom. The summed E-state index contributed by atoms with van der Waals surface area (Å²) in [6.45, 7) is 0.666. The lowest BCUT2D eigenvalue weighted by Gasteiger charge is -2.29. The molecule has 1 saturated heterocycles. The van der Waals surface area contributed by atoms with E-state index in [1.807, 2.05) is 29.2 Å². The molecule has 0 unspecified atom stereocenters. The molecule has 0 saturated carbocycles. The number of methoxy groups -OCH3 is 1. The summed E-state index contributed by atoms with van der Waals surface area (Å²) in [6, 6.07) is 10.6. The summed E-state index contributed by atoms with van der Waals surface area (Å²) in [5.74, 6) is 1.37. The summed E-state index contributed by atoms with van der Waals surface area (Å²) in [6.07, 6.45) is 6.79. The minimum atomic E-state index is -0.488. The predicted octanol–water partition coefficient (Wildman–Crippen LogP) is 4.49. The second kappa shape index (κ2) is 9.07. The number of likely N-dealkylation sites (tertiary alicyclic amines) is 1. The number of carbonyl (C=O) groups is 1. The topological polar surface area (TPSA) is 91.1 Å². The van der Waals surface area contributed by atoms with Crippen LogP contribution in [-0.2, 0) is 4.79 Å². The van der Waals surface area contributed by atoms with Crippen molar-refractivity contribution in [1.29, 1.82) is 0 Å². The van der Waals surface area contributed by atoms with E-state index < -0.39 is 4.92 Å². The van der Waals surface area contributed by atoms with Crippen LogP contribution < -0.4 is 14.2 Å². The largest absolute Gasteiger partial charge is 0.497 e. The first-order valence-electron chi connectivity index (χ1n) is 10.3. The zero-order chi connectivity index (χ0) is 21.8. The molecule has 1 atom stereocenters. The molecule has 4 rings (SSSR count). The molecule has 8 nitrogen and oxygen atoms in total. The highest BCUT2D eigenvalue weighted by atomic mass is 16.7. The smallest absolute Gasteiger partial charge is 0.280 e. The molecular weight excluding hydrogens is 400 g/mol. The fourth-order valence-electron chi connectivity index (χ4n) is 4.04. The maximum atomic E-state index is 13.1. The van der Waals surface area contributed by atoms with E-state index in [1.165, 1.54) is 24.3 Å². The Kier molecular flexibility index (Phi) is 6.06. The summed E-state index contributed by atoms with van der Waals surface area (Å²) in [5.41, 5.74) is 1.23. The van der Waals surface area contributed by atoms with Crippen LogP contribution in [0.4, 0.5) is 5.69 Å². The molecule has 2 aliphatic rings. The number of ether oxygens (including phenoxy) is 3. The molecule has 8 heteroatoms. The van der Waals surface area contributed by atoms with E-state index in [4.69, 9.17) is 14.2 Å². The number of rotatable bonds is 5. The van der Waals surface area contributed by atoms with Crippen molar-refractivity contribution in [2.45, 2.75) is 31.7 Å². The van der Waals surface area contributed by atoms with Crippen molar-refractivity contribution in [3.8, 4) is 17.2 Å². The van der Waals surface area contributed by atoms with Crippen LogP contribution in [0.5, 0.6) is 17.2 Å². The highest BCUT2D eigenvalue weighted by Gasteiger charge is 2.26. The number of nitro groups is 1. The van der Waals surface area contributed by atoms with Crippen molar-refractivity contribution in [2.24, 2.45) is 0 Å². The van der Waals surface area contributed by atoms with E-state index in [0.717, 1.165) is 37.0 Å². The normalized spacial score (nSPS) is 18.1. The number of amides is 1. The number of fused-ring (bicyclic) bond motifs is 1. The van der Waals surface area contributed by atoms with Crippen LogP contribution in [0.3, 0.4) is 0 Å². The zero-order valence-corrected chi connectivity index (χ0v) is 17.3. The molecule has 2 aromatic rings. The summed E-state index contributed by atoms with van der Waals surface area (Å²) >= 11 is 0. The van der Waals surface area contributed by atoms with Gasteiger partial charge in [0.05, 0.1) is 29.7 Å². The third-order valence-corrected chi connectivity index (χ3v) is 5.66. The van der Waals surface area contributed by atoms with Gasteiger partial charge in [-0.1, -0.05) is 25.0 Å². The molecule has 1 fully saturated rings. The van der Waals surface area contributed by atoms with Crippen LogP contribution in [-0.4, -0.2) is 36.2 Å². The Hall–Kier alpha value is -3.55. The van der Waals surface area contributed by atoms with E-state index in [2.05, 4.69) is 0 Å². The van der Waals surface area contributed by atoms with Gasteiger partial charge in [-0.25, -0.2) is 0 Å². The molecule has 0 aromatic heterocycles. The Labute approximate surface area is 180 Å². The molecule has 2 aromatic carbocycles. The lowest BCUT2D eigenvalue weighted by Crippen LogP contribution is -2.33. The zero-order valence-electron chi connectivity index (χ0n) is 17.3. The number of nitrogens with zero attached hydrogens (tertiary/aromatic N) is 2. The summed E-state index contributed by atoms with van der Waals surface area (Å²) < 4.78 is 15.8. The molecule has 0 aliphatic carbocycles. The lowest BCUT2D eigenvalue weighted by atomic mass is 10.0. The van der Waals surface area contributed by atoms with Gasteiger partial charge in [0.15, 0.2) is 11.5 Å². The van der Waals surface area contributed by atoms with Crippen LogP contribution in [0.1, 0.15) is 42.9 Å². The highest BCUT2D eigenvalue weighted by molar-refractivity contribution is 5.93. The molecule has 0 bridgehead atoms. The van der Waals surface area contributed by atoms with Crippen molar-refractivity contribution in [3.05, 3.63) is 63.7 Å². The van der Waals surface area contributed by atoms with E-state index in [1.54, 1.807) is 7.11 Å². The average Bonchev–Trinajstić information content (AvgIpc) is 3.10. The first kappa shape index (κ1) is 20.7. The molecule has 0 spiro atoms. The van der Waals surface area contributed by atoms with Crippen molar-refractivity contribution in [2.75, 3.05) is 20.4 Å². The summed E-state index contributed by atoms with van der Waals surface area (Å²) in [5, 5.41) is 11.5. The third kappa shape index (κ3) is 4.47. The van der Waals surface area contributed by atoms with Crippen LogP contribution in [0.2, 0.25) is 0 Å². The van der Waals surface area contributed by atoms with E-state index in [9.17, 15) is 14.9 Å². The van der Waals surface area contributed by atoms with Gasteiger partial charge < -0.3 is 19.1 Å². The predicted molar refractivity (Wildman–Crippen MR) is 114 cm³/mol. The van der Waals surface area contributed by atoms with Gasteiger partial charge in [0.2, 0.25) is 12.7 Å². The fraction of sp³-hybridized carbons (Fsp3) is 0.348. The van der Waals surface area contributed by atoms with Crippen molar-refractivity contribution in [3.63, 3.8) is 0 Å². The lowest BCUT2D eigenvalue weighted by molar-refractivity contribution is -0.385. The van der Waals surface area contributed by atoms with E-state index in [0.29, 0.717) is 23.6 Å². The van der Waals surface area contributed by atoms with Crippen molar-refractivity contribution in [1.82, 2.24) is 4.90 Å². The monoisotopic (exact) mass is 424 g/mol. The second-order valence-corrected chi connectivity index (χ2v) is 7.52. The number of nitro benzene ring substituents is 1. The van der Waals surface area contributed by atoms with Crippen LogP contribution in [0.15, 0.2) is 42.5 Å². The maximum absolute atomic E-state index is 13.1. The van der Waals surface area contributed by atoms with Gasteiger partial charge in [0.25, 0.3) is 5.69 Å². The van der Waals surface area contributed by atoms with Gasteiger partial charge in [-0.05, 0) is 42.7 Å². The van der Waals surface area contributed by atoms with Crippen molar-refractivity contribution < 1.29 is 23.9 Å². The third-order valence-electron chi connectivity index (χ3n) is 5.66. The minimum absolute atomic E-state index is 0.0237. The molecule has 0 N–H and O–H groups in total. The highest BCUT2D eigenvalue weighted by Crippen LogP contribution is 2.38. The quantitative estimate of drug-likeness (QED) is 0.399. The van der Waals surface area contributed by atoms with Gasteiger partial charge in [-0.3, -0.25) is 14.9 Å². The van der Waals surface area contributed by atoms with Crippen LogP contribution >= 0.6 is 0 Å². The summed E-state index contributed by atoms with van der Waals surface area (Å²) in [4.78, 5) is 26.0. The SMILES string of the molecule is COc1ccc([C@@H]2CCCCCN2C(=O)/C=C\c2cc3c(cc2[N+](=O)[O-])OCO3)cc1. The van der Waals surface area contributed by atoms with Gasteiger partial charge >= 0.3 is 0 Å². The fourth-order valence-corrected chi connectivity index (χ4v) is 4.04. The first-order valence-corrected chi connectivity index (χ1v) is 10.3. The van der Waals surface area contributed by atoms with E-state index >= 15 is 0 Å². The van der Waals surface area contributed by atoms with Crippen LogP contribution in [0.25, 0.3) is 6.08 Å². The minimum Gasteiger partial charge on any atom is -0.497 e. The summed E-state index contributed by atoms with van der Waals surface area (Å²) in [7, 11) is 1.62. The van der Waals surface area contributed by atoms with Gasteiger partial charge in [0, 0.05) is 12.6 Å². The molecule has 2 aliphatic heterocycles. The maximum Gasteiger partial charge on any atom is 0.280 e. The molecular formula is C23H24N2O6. The number of carbonyl (C=O) groups excluding carboxylic acids is 1. The number of benzene rings is 2. The van der Waals surface area contributed by atoms with Gasteiger partial charge in [-0.2, -0.15) is 0 Å². The Balaban J connectivity index is 1.59. The Morgan fingerprint density at radius 3 is 2.61 bits per heavy atom. The standard InChI is InChI=1S/C23H24N2O6/c1-29-18-9-6-16(7-10-18)19-5-3-2-4-12-24(19)23(26)11-8-17-13-21-22(31-15-30-21)14-20(17)25(27)28/h6-11,13-14,19H,2-5,12,15H2,1H3/b11-8-/t19-/m0/s1. The van der Waals surface area contributed by atoms with Gasteiger partial charge in [-0.15, -0.1) is 0 Å². The molecule has 2 heterocycles. The Morgan fingerprint density at radius 1 is 1.16 bits per heavy atom. The molecule has 1 amide bonds. The average molecular weight is 424 g/mol. The molecule has 31 heavy (non-hydrogen) atoms. The Bertz CT molecular complexity index is 1000. The van der Waals surface area contributed by atoms with Crippen molar-refractivity contribution >= 4 is 17.7 Å².